The van der Waals surface area contributed by atoms with Crippen molar-refractivity contribution in [3.05, 3.63) is 59.9 Å². The lowest BCUT2D eigenvalue weighted by Gasteiger charge is -2.12. The summed E-state index contributed by atoms with van der Waals surface area (Å²) in [6.07, 6.45) is 1.83. The Morgan fingerprint density at radius 2 is 1.70 bits per heavy atom. The fourth-order valence-corrected chi connectivity index (χ4v) is 2.27. The largest absolute Gasteiger partial charge is 0.398 e. The molecule has 1 aromatic heterocycles. The first kappa shape index (κ1) is 12.5. The maximum atomic E-state index is 6.02. The predicted octanol–water partition coefficient (Wildman–Crippen LogP) is 4.18. The Hall–Kier alpha value is -2.55. The van der Waals surface area contributed by atoms with Crippen LogP contribution in [-0.4, -0.2) is 4.98 Å². The van der Waals surface area contributed by atoms with Crippen molar-refractivity contribution in [2.24, 2.45) is 0 Å². The van der Waals surface area contributed by atoms with Crippen LogP contribution in [0.2, 0.25) is 0 Å². The minimum absolute atomic E-state index is 0.752. The number of fused-ring (bicyclic) bond motifs is 1. The van der Waals surface area contributed by atoms with Gasteiger partial charge >= 0.3 is 0 Å². The van der Waals surface area contributed by atoms with Crippen LogP contribution >= 0.6 is 0 Å². The van der Waals surface area contributed by atoms with Crippen molar-refractivity contribution in [2.75, 3.05) is 11.1 Å². The van der Waals surface area contributed by atoms with Gasteiger partial charge in [0.1, 0.15) is 0 Å². The molecular formula is C17H17N3. The van der Waals surface area contributed by atoms with Gasteiger partial charge in [-0.15, -0.1) is 0 Å². The molecule has 0 unspecified atom stereocenters. The first-order chi connectivity index (χ1) is 9.63. The molecule has 3 heteroatoms. The van der Waals surface area contributed by atoms with E-state index in [4.69, 9.17) is 5.73 Å². The molecule has 0 fully saturated rings. The van der Waals surface area contributed by atoms with Crippen molar-refractivity contribution in [3.8, 4) is 0 Å². The molecule has 0 saturated carbocycles. The monoisotopic (exact) mass is 263 g/mol. The van der Waals surface area contributed by atoms with Crippen molar-refractivity contribution in [1.82, 2.24) is 4.98 Å². The van der Waals surface area contributed by atoms with E-state index in [1.807, 2.05) is 25.3 Å². The van der Waals surface area contributed by atoms with Gasteiger partial charge in [-0.3, -0.25) is 4.98 Å². The van der Waals surface area contributed by atoms with Crippen LogP contribution in [0.5, 0.6) is 0 Å². The zero-order valence-electron chi connectivity index (χ0n) is 11.6. The van der Waals surface area contributed by atoms with Crippen LogP contribution in [0.3, 0.4) is 0 Å². The van der Waals surface area contributed by atoms with E-state index in [1.54, 1.807) is 0 Å². The molecule has 0 aliphatic rings. The Morgan fingerprint density at radius 1 is 0.950 bits per heavy atom. The fraction of sp³-hybridized carbons (Fsp3) is 0.118. The molecule has 2 aromatic carbocycles. The molecule has 3 nitrogen and oxygen atoms in total. The van der Waals surface area contributed by atoms with Crippen molar-refractivity contribution >= 4 is 27.8 Å². The second kappa shape index (κ2) is 4.85. The number of nitrogen functional groups attached to an aromatic ring is 1. The second-order valence-corrected chi connectivity index (χ2v) is 5.06. The summed E-state index contributed by atoms with van der Waals surface area (Å²) in [4.78, 5) is 4.32. The third kappa shape index (κ3) is 2.30. The number of hydrogen-bond acceptors (Lipinski definition) is 3. The molecular weight excluding hydrogens is 246 g/mol. The van der Waals surface area contributed by atoms with Gasteiger partial charge in [0.05, 0.1) is 0 Å². The van der Waals surface area contributed by atoms with Crippen molar-refractivity contribution in [1.29, 1.82) is 0 Å². The summed E-state index contributed by atoms with van der Waals surface area (Å²) in [6, 6.07) is 14.3. The maximum Gasteiger partial charge on any atom is 0.0466 e. The van der Waals surface area contributed by atoms with Gasteiger partial charge in [0.15, 0.2) is 0 Å². The van der Waals surface area contributed by atoms with E-state index in [9.17, 15) is 0 Å². The number of hydrogen-bond donors (Lipinski definition) is 2. The molecule has 100 valence electrons. The number of pyridine rings is 1. The first-order valence-electron chi connectivity index (χ1n) is 6.62. The maximum absolute atomic E-state index is 6.02. The zero-order valence-corrected chi connectivity index (χ0v) is 11.6. The van der Waals surface area contributed by atoms with Crippen LogP contribution in [0.1, 0.15) is 11.3 Å². The average Bonchev–Trinajstić information content (AvgIpc) is 2.44. The smallest absolute Gasteiger partial charge is 0.0466 e. The molecule has 0 aliphatic heterocycles. The molecule has 0 radical (unpaired) electrons. The Kier molecular flexibility index (Phi) is 3.03. The standard InChI is InChI=1S/C17H17N3/c1-11-3-5-13(6-4-11)20-17-8-7-16(18)15-10-19-12(2)9-14(15)17/h3-10,20H,18H2,1-2H3. The number of nitrogens with two attached hydrogens (primary N) is 1. The van der Waals surface area contributed by atoms with E-state index in [0.29, 0.717) is 0 Å². The van der Waals surface area contributed by atoms with Crippen molar-refractivity contribution in [3.63, 3.8) is 0 Å². The van der Waals surface area contributed by atoms with Crippen LogP contribution in [0.4, 0.5) is 17.1 Å². The highest BCUT2D eigenvalue weighted by Gasteiger charge is 2.05. The van der Waals surface area contributed by atoms with Crippen LogP contribution < -0.4 is 11.1 Å². The van der Waals surface area contributed by atoms with Gasteiger partial charge in [-0.2, -0.15) is 0 Å². The molecule has 0 spiro atoms. The van der Waals surface area contributed by atoms with Gasteiger partial charge in [-0.1, -0.05) is 17.7 Å². The Labute approximate surface area is 118 Å². The Morgan fingerprint density at radius 3 is 2.45 bits per heavy atom. The summed E-state index contributed by atoms with van der Waals surface area (Å²) in [5.74, 6) is 0. The lowest BCUT2D eigenvalue weighted by atomic mass is 10.1. The minimum Gasteiger partial charge on any atom is -0.398 e. The van der Waals surface area contributed by atoms with Gasteiger partial charge in [-0.05, 0) is 44.2 Å². The number of aryl methyl sites for hydroxylation is 2. The lowest BCUT2D eigenvalue weighted by molar-refractivity contribution is 1.22. The number of anilines is 3. The summed E-state index contributed by atoms with van der Waals surface area (Å²) in [7, 11) is 0. The summed E-state index contributed by atoms with van der Waals surface area (Å²) in [6.45, 7) is 4.07. The lowest BCUT2D eigenvalue weighted by Crippen LogP contribution is -1.95. The molecule has 1 heterocycles. The quantitative estimate of drug-likeness (QED) is 0.682. The first-order valence-corrected chi connectivity index (χ1v) is 6.62. The summed E-state index contributed by atoms with van der Waals surface area (Å²) >= 11 is 0. The highest BCUT2D eigenvalue weighted by atomic mass is 14.9. The van der Waals surface area contributed by atoms with Crippen LogP contribution in [0, 0.1) is 13.8 Å². The molecule has 3 rings (SSSR count). The third-order valence-electron chi connectivity index (χ3n) is 3.40. The van der Waals surface area contributed by atoms with Gasteiger partial charge in [0, 0.05) is 39.7 Å². The minimum atomic E-state index is 0.752. The molecule has 0 bridgehead atoms. The predicted molar refractivity (Wildman–Crippen MR) is 85.4 cm³/mol. The fourth-order valence-electron chi connectivity index (χ4n) is 2.27. The molecule has 0 amide bonds. The Bertz CT molecular complexity index is 761. The van der Waals surface area contributed by atoms with Gasteiger partial charge < -0.3 is 11.1 Å². The van der Waals surface area contributed by atoms with E-state index < -0.39 is 0 Å². The van der Waals surface area contributed by atoms with Crippen LogP contribution in [0.15, 0.2) is 48.7 Å². The van der Waals surface area contributed by atoms with E-state index in [2.05, 4.69) is 47.6 Å². The molecule has 0 atom stereocenters. The summed E-state index contributed by atoms with van der Waals surface area (Å²) in [5.41, 5.74) is 11.1. The van der Waals surface area contributed by atoms with Gasteiger partial charge in [-0.25, -0.2) is 0 Å². The molecule has 20 heavy (non-hydrogen) atoms. The van der Waals surface area contributed by atoms with Crippen LogP contribution in [0.25, 0.3) is 10.8 Å². The van der Waals surface area contributed by atoms with Gasteiger partial charge in [0.25, 0.3) is 0 Å². The average molecular weight is 263 g/mol. The topological polar surface area (TPSA) is 50.9 Å². The Balaban J connectivity index is 2.09. The molecule has 3 aromatic rings. The number of aromatic nitrogens is 1. The summed E-state index contributed by atoms with van der Waals surface area (Å²) < 4.78 is 0. The second-order valence-electron chi connectivity index (χ2n) is 5.06. The molecule has 0 aliphatic carbocycles. The SMILES string of the molecule is Cc1ccc(Nc2ccc(N)c3cnc(C)cc23)cc1. The third-order valence-corrected chi connectivity index (χ3v) is 3.40. The van der Waals surface area contributed by atoms with Gasteiger partial charge in [0.2, 0.25) is 0 Å². The van der Waals surface area contributed by atoms with E-state index in [-0.39, 0.29) is 0 Å². The van der Waals surface area contributed by atoms with E-state index in [1.165, 1.54) is 5.56 Å². The highest BCUT2D eigenvalue weighted by molar-refractivity contribution is 6.01. The number of nitrogens with one attached hydrogen (secondary N) is 1. The molecule has 0 saturated heterocycles. The van der Waals surface area contributed by atoms with E-state index >= 15 is 0 Å². The summed E-state index contributed by atoms with van der Waals surface area (Å²) in [5, 5.41) is 5.52. The highest BCUT2D eigenvalue weighted by Crippen LogP contribution is 2.30. The normalized spacial score (nSPS) is 10.7. The molecule has 3 N–H and O–H groups in total. The zero-order chi connectivity index (χ0) is 14.1. The van der Waals surface area contributed by atoms with Crippen LogP contribution in [-0.2, 0) is 0 Å². The van der Waals surface area contributed by atoms with Crippen molar-refractivity contribution in [2.45, 2.75) is 13.8 Å². The van der Waals surface area contributed by atoms with E-state index in [0.717, 1.165) is 33.5 Å². The number of rotatable bonds is 2. The number of nitrogens with zero attached hydrogens (tertiary/aromatic N) is 1. The number of benzene rings is 2. The van der Waals surface area contributed by atoms with Crippen molar-refractivity contribution < 1.29 is 0 Å².